The molecule has 0 amide bonds. The van der Waals surface area contributed by atoms with Gasteiger partial charge in [0.2, 0.25) is 0 Å². The average Bonchev–Trinajstić information content (AvgIpc) is 2.63. The van der Waals surface area contributed by atoms with Gasteiger partial charge in [-0.15, -0.1) is 0 Å². The van der Waals surface area contributed by atoms with Crippen molar-refractivity contribution in [2.24, 2.45) is 0 Å². The monoisotopic (exact) mass is 388 g/mol. The van der Waals surface area contributed by atoms with Crippen LogP contribution >= 0.6 is 0 Å². The highest BCUT2D eigenvalue weighted by atomic mass is 19.1. The van der Waals surface area contributed by atoms with Crippen LogP contribution in [-0.4, -0.2) is 19.7 Å². The maximum Gasteiger partial charge on any atom is 0.188 e. The molecule has 1 aliphatic rings. The number of hydrogen-bond donors (Lipinski definition) is 0. The predicted molar refractivity (Wildman–Crippen MR) is 112 cm³/mol. The number of halogens is 1. The molecule has 0 saturated carbocycles. The lowest BCUT2D eigenvalue weighted by Crippen LogP contribution is -2.34. The Labute approximate surface area is 168 Å². The van der Waals surface area contributed by atoms with Gasteiger partial charge >= 0.3 is 0 Å². The second kappa shape index (κ2) is 8.60. The molecule has 0 heterocycles. The van der Waals surface area contributed by atoms with E-state index in [0.29, 0.717) is 17.7 Å². The van der Waals surface area contributed by atoms with Gasteiger partial charge in [0, 0.05) is 12.7 Å². The molecule has 4 heteroatoms. The van der Waals surface area contributed by atoms with Crippen molar-refractivity contribution in [3.05, 3.63) is 46.8 Å². The maximum atomic E-state index is 14.9. The Morgan fingerprint density at radius 1 is 1.11 bits per heavy atom. The van der Waals surface area contributed by atoms with Gasteiger partial charge in [0.15, 0.2) is 12.6 Å². The second-order valence-corrected chi connectivity index (χ2v) is 8.84. The normalized spacial score (nSPS) is 18.6. The highest BCUT2D eigenvalue weighted by Gasteiger charge is 2.38. The summed E-state index contributed by atoms with van der Waals surface area (Å²) in [5.41, 5.74) is 3.77. The zero-order valence-corrected chi connectivity index (χ0v) is 18.2. The lowest BCUT2D eigenvalue weighted by molar-refractivity contribution is -0.112. The molecule has 1 aromatic rings. The van der Waals surface area contributed by atoms with Crippen LogP contribution in [0.5, 0.6) is 5.75 Å². The first-order valence-corrected chi connectivity index (χ1v) is 9.92. The fourth-order valence-electron chi connectivity index (χ4n) is 3.85. The Hall–Kier alpha value is -1.94. The topological polar surface area (TPSA) is 35.5 Å². The van der Waals surface area contributed by atoms with E-state index in [4.69, 9.17) is 9.47 Å². The summed E-state index contributed by atoms with van der Waals surface area (Å²) in [6, 6.07) is 4.14. The Morgan fingerprint density at radius 3 is 2.18 bits per heavy atom. The SMILES string of the molecule is CC/C(=C(F)/C=C/C(C)=O)c1cc2c(cc1OCOC)C(C)(C)CCC2(C)C. The van der Waals surface area contributed by atoms with E-state index in [9.17, 15) is 9.18 Å². The summed E-state index contributed by atoms with van der Waals surface area (Å²) in [5.74, 6) is 0.0252. The van der Waals surface area contributed by atoms with Crippen LogP contribution in [0, 0.1) is 0 Å². The van der Waals surface area contributed by atoms with Gasteiger partial charge < -0.3 is 9.47 Å². The van der Waals surface area contributed by atoms with E-state index in [1.165, 1.54) is 30.2 Å². The molecule has 0 N–H and O–H groups in total. The van der Waals surface area contributed by atoms with Gasteiger partial charge in [-0.2, -0.15) is 0 Å². The van der Waals surface area contributed by atoms with Crippen molar-refractivity contribution < 1.29 is 18.7 Å². The number of ether oxygens (including phenoxy) is 2. The van der Waals surface area contributed by atoms with Gasteiger partial charge in [0.1, 0.15) is 11.6 Å². The van der Waals surface area contributed by atoms with Crippen LogP contribution in [0.4, 0.5) is 4.39 Å². The summed E-state index contributed by atoms with van der Waals surface area (Å²) in [4.78, 5) is 11.2. The molecule has 154 valence electrons. The summed E-state index contributed by atoms with van der Waals surface area (Å²) >= 11 is 0. The lowest BCUT2D eigenvalue weighted by Gasteiger charge is -2.42. The number of carbonyl (C=O) groups excluding carboxylic acids is 1. The van der Waals surface area contributed by atoms with Crippen molar-refractivity contribution in [3.8, 4) is 5.75 Å². The van der Waals surface area contributed by atoms with Crippen molar-refractivity contribution in [1.29, 1.82) is 0 Å². The van der Waals surface area contributed by atoms with Gasteiger partial charge in [0.25, 0.3) is 0 Å². The first kappa shape index (κ1) is 22.4. The molecule has 0 bridgehead atoms. The summed E-state index contributed by atoms with van der Waals surface area (Å²) in [5, 5.41) is 0. The van der Waals surface area contributed by atoms with Gasteiger partial charge in [-0.3, -0.25) is 4.79 Å². The third kappa shape index (κ3) is 4.72. The Bertz CT molecular complexity index is 800. The van der Waals surface area contributed by atoms with Crippen LogP contribution in [0.2, 0.25) is 0 Å². The molecule has 1 aliphatic carbocycles. The van der Waals surface area contributed by atoms with Crippen LogP contribution in [-0.2, 0) is 20.4 Å². The average molecular weight is 389 g/mol. The molecule has 0 unspecified atom stereocenters. The first-order chi connectivity index (χ1) is 13.0. The fourth-order valence-corrected chi connectivity index (χ4v) is 3.85. The first-order valence-electron chi connectivity index (χ1n) is 9.92. The maximum absolute atomic E-state index is 14.9. The number of rotatable bonds is 7. The number of hydrogen-bond acceptors (Lipinski definition) is 3. The fraction of sp³-hybridized carbons (Fsp3) is 0.542. The quantitative estimate of drug-likeness (QED) is 0.314. The van der Waals surface area contributed by atoms with Crippen molar-refractivity contribution in [2.75, 3.05) is 13.9 Å². The van der Waals surface area contributed by atoms with Crippen molar-refractivity contribution in [1.82, 2.24) is 0 Å². The van der Waals surface area contributed by atoms with E-state index in [1.807, 2.05) is 6.92 Å². The highest BCUT2D eigenvalue weighted by Crippen LogP contribution is 2.49. The molecule has 28 heavy (non-hydrogen) atoms. The van der Waals surface area contributed by atoms with Crippen LogP contribution in [0.1, 0.15) is 77.5 Å². The number of benzene rings is 1. The van der Waals surface area contributed by atoms with E-state index < -0.39 is 5.83 Å². The van der Waals surface area contributed by atoms with Crippen LogP contribution < -0.4 is 4.74 Å². The van der Waals surface area contributed by atoms with Gasteiger partial charge in [-0.05, 0) is 78.0 Å². The third-order valence-corrected chi connectivity index (χ3v) is 5.72. The molecule has 1 aromatic carbocycles. The molecule has 3 nitrogen and oxygen atoms in total. The van der Waals surface area contributed by atoms with Crippen molar-refractivity contribution in [2.45, 2.75) is 71.6 Å². The smallest absolute Gasteiger partial charge is 0.188 e. The van der Waals surface area contributed by atoms with E-state index in [2.05, 4.69) is 39.8 Å². The largest absolute Gasteiger partial charge is 0.467 e. The molecular formula is C24H33FO3. The number of allylic oxidation sites excluding steroid dienone is 4. The summed E-state index contributed by atoms with van der Waals surface area (Å²) in [6.45, 7) is 12.4. The Kier molecular flexibility index (Phi) is 6.87. The minimum absolute atomic E-state index is 0.00391. The van der Waals surface area contributed by atoms with E-state index in [-0.39, 0.29) is 23.4 Å². The summed E-state index contributed by atoms with van der Waals surface area (Å²) in [7, 11) is 1.57. The Balaban J connectivity index is 2.74. The van der Waals surface area contributed by atoms with E-state index >= 15 is 0 Å². The molecule has 0 radical (unpaired) electrons. The Morgan fingerprint density at radius 2 is 1.68 bits per heavy atom. The van der Waals surface area contributed by atoms with Gasteiger partial charge in [0.05, 0.1) is 0 Å². The van der Waals surface area contributed by atoms with Crippen LogP contribution in [0.25, 0.3) is 5.57 Å². The minimum Gasteiger partial charge on any atom is -0.467 e. The van der Waals surface area contributed by atoms with Crippen LogP contribution in [0.3, 0.4) is 0 Å². The molecule has 0 aromatic heterocycles. The molecular weight excluding hydrogens is 355 g/mol. The van der Waals surface area contributed by atoms with Crippen molar-refractivity contribution >= 4 is 11.4 Å². The number of methoxy groups -OCH3 is 1. The summed E-state index contributed by atoms with van der Waals surface area (Å²) in [6.07, 6.45) is 5.15. The third-order valence-electron chi connectivity index (χ3n) is 5.72. The second-order valence-electron chi connectivity index (χ2n) is 8.84. The van der Waals surface area contributed by atoms with E-state index in [1.54, 1.807) is 7.11 Å². The molecule has 0 atom stereocenters. The minimum atomic E-state index is -0.409. The molecule has 2 rings (SSSR count). The predicted octanol–water partition coefficient (Wildman–Crippen LogP) is 6.25. The standard InChI is InChI=1S/C24H33FO3/c1-8-17(21(25)10-9-16(2)26)18-13-19-20(14-22(18)28-15-27-7)24(5,6)12-11-23(19,3)4/h9-10,13-14H,8,11-12,15H2,1-7H3/b10-9+,21-17+. The molecule has 0 aliphatic heterocycles. The highest BCUT2D eigenvalue weighted by molar-refractivity contribution is 5.88. The molecule has 0 fully saturated rings. The van der Waals surface area contributed by atoms with Crippen molar-refractivity contribution in [3.63, 3.8) is 0 Å². The van der Waals surface area contributed by atoms with Gasteiger partial charge in [-0.25, -0.2) is 4.39 Å². The zero-order chi connectivity index (χ0) is 21.1. The number of carbonyl (C=O) groups is 1. The van der Waals surface area contributed by atoms with Gasteiger partial charge in [-0.1, -0.05) is 34.6 Å². The molecule has 0 saturated heterocycles. The molecule has 0 spiro atoms. The van der Waals surface area contributed by atoms with Crippen LogP contribution in [0.15, 0.2) is 30.1 Å². The zero-order valence-electron chi connectivity index (χ0n) is 18.2. The number of ketones is 1. The van der Waals surface area contributed by atoms with E-state index in [0.717, 1.165) is 18.4 Å². The summed E-state index contributed by atoms with van der Waals surface area (Å²) < 4.78 is 25.9. The lowest BCUT2D eigenvalue weighted by atomic mass is 9.62. The number of fused-ring (bicyclic) bond motifs is 1.